The SMILES string of the molecule is COc1cccc2cc(/C=C/C(=O)Nc3c(C)n(C)n(-c4ccccc4)c3=O)oc12. The number of methoxy groups -OCH3 is 1. The maximum atomic E-state index is 12.9. The smallest absolute Gasteiger partial charge is 0.295 e. The van der Waals surface area contributed by atoms with Crippen molar-refractivity contribution in [2.45, 2.75) is 6.92 Å². The highest BCUT2D eigenvalue weighted by atomic mass is 16.5. The highest BCUT2D eigenvalue weighted by molar-refractivity contribution is 6.02. The first kappa shape index (κ1) is 19.3. The summed E-state index contributed by atoms with van der Waals surface area (Å²) in [5, 5.41) is 3.56. The van der Waals surface area contributed by atoms with Gasteiger partial charge in [-0.15, -0.1) is 0 Å². The fourth-order valence-electron chi connectivity index (χ4n) is 3.33. The molecular formula is C23H21N3O4. The number of anilines is 1. The van der Waals surface area contributed by atoms with E-state index >= 15 is 0 Å². The molecule has 4 rings (SSSR count). The Kier molecular flexibility index (Phi) is 5.02. The number of fused-ring (bicyclic) bond motifs is 1. The number of carbonyl (C=O) groups is 1. The monoisotopic (exact) mass is 403 g/mol. The number of para-hydroxylation sites is 2. The topological polar surface area (TPSA) is 78.4 Å². The molecule has 2 aromatic heterocycles. The van der Waals surface area contributed by atoms with Gasteiger partial charge in [0.05, 0.1) is 18.5 Å². The van der Waals surface area contributed by atoms with Gasteiger partial charge >= 0.3 is 0 Å². The molecule has 1 N–H and O–H groups in total. The lowest BCUT2D eigenvalue weighted by Crippen LogP contribution is -2.22. The van der Waals surface area contributed by atoms with Crippen LogP contribution in [0.2, 0.25) is 0 Å². The van der Waals surface area contributed by atoms with E-state index < -0.39 is 5.91 Å². The molecule has 30 heavy (non-hydrogen) atoms. The normalized spacial score (nSPS) is 11.3. The Morgan fingerprint density at radius 2 is 1.90 bits per heavy atom. The molecule has 2 aromatic carbocycles. The van der Waals surface area contributed by atoms with Gasteiger partial charge in [0.15, 0.2) is 11.3 Å². The van der Waals surface area contributed by atoms with Crippen LogP contribution in [0.5, 0.6) is 5.75 Å². The molecule has 0 aliphatic rings. The predicted octanol–water partition coefficient (Wildman–Crippen LogP) is 3.89. The van der Waals surface area contributed by atoms with E-state index in [1.165, 1.54) is 10.8 Å². The lowest BCUT2D eigenvalue weighted by atomic mass is 10.2. The van der Waals surface area contributed by atoms with E-state index in [1.807, 2.05) is 54.6 Å². The fraction of sp³-hybridized carbons (Fsp3) is 0.130. The van der Waals surface area contributed by atoms with Gasteiger partial charge in [0.25, 0.3) is 5.56 Å². The fourth-order valence-corrected chi connectivity index (χ4v) is 3.33. The standard InChI is InChI=1S/C23H21N3O4/c1-15-21(23(28)26(25(15)2)17-9-5-4-6-10-17)24-20(27)13-12-18-14-16-8-7-11-19(29-3)22(16)30-18/h4-14H,1-3H3,(H,24,27)/b13-12+. The van der Waals surface area contributed by atoms with Crippen molar-refractivity contribution in [3.63, 3.8) is 0 Å². The largest absolute Gasteiger partial charge is 0.493 e. The average molecular weight is 403 g/mol. The number of hydrogen-bond acceptors (Lipinski definition) is 4. The third-order valence-corrected chi connectivity index (χ3v) is 4.95. The summed E-state index contributed by atoms with van der Waals surface area (Å²) in [6.45, 7) is 1.78. The van der Waals surface area contributed by atoms with Crippen molar-refractivity contribution in [1.82, 2.24) is 9.36 Å². The van der Waals surface area contributed by atoms with Gasteiger partial charge in [-0.3, -0.25) is 14.3 Å². The molecule has 152 valence electrons. The van der Waals surface area contributed by atoms with Crippen LogP contribution in [0, 0.1) is 6.92 Å². The number of amides is 1. The molecule has 0 radical (unpaired) electrons. The third-order valence-electron chi connectivity index (χ3n) is 4.95. The van der Waals surface area contributed by atoms with Crippen LogP contribution in [0.4, 0.5) is 5.69 Å². The van der Waals surface area contributed by atoms with Gasteiger partial charge in [-0.25, -0.2) is 4.68 Å². The second-order valence-corrected chi connectivity index (χ2v) is 6.79. The molecule has 0 aliphatic carbocycles. The molecule has 0 saturated carbocycles. The zero-order chi connectivity index (χ0) is 21.3. The second kappa shape index (κ2) is 7.79. The highest BCUT2D eigenvalue weighted by Crippen LogP contribution is 2.28. The maximum Gasteiger partial charge on any atom is 0.295 e. The van der Waals surface area contributed by atoms with Crippen molar-refractivity contribution in [2.75, 3.05) is 12.4 Å². The van der Waals surface area contributed by atoms with Crippen LogP contribution >= 0.6 is 0 Å². The van der Waals surface area contributed by atoms with Gasteiger partial charge in [-0.05, 0) is 37.3 Å². The number of benzene rings is 2. The molecule has 0 unspecified atom stereocenters. The van der Waals surface area contributed by atoms with Crippen LogP contribution in [0.1, 0.15) is 11.5 Å². The summed E-state index contributed by atoms with van der Waals surface area (Å²) < 4.78 is 14.3. The number of ether oxygens (including phenoxy) is 1. The number of hydrogen-bond donors (Lipinski definition) is 1. The van der Waals surface area contributed by atoms with Gasteiger partial charge in [0.2, 0.25) is 5.91 Å². The van der Waals surface area contributed by atoms with Crippen LogP contribution in [-0.4, -0.2) is 22.4 Å². The Labute approximate surface area is 172 Å². The zero-order valence-electron chi connectivity index (χ0n) is 16.9. The van der Waals surface area contributed by atoms with Crippen LogP contribution in [0.15, 0.2) is 69.9 Å². The molecule has 7 heteroatoms. The summed E-state index contributed by atoms with van der Waals surface area (Å²) in [6, 6.07) is 16.7. The molecule has 2 heterocycles. The van der Waals surface area contributed by atoms with E-state index in [4.69, 9.17) is 9.15 Å². The number of nitrogens with zero attached hydrogens (tertiary/aromatic N) is 2. The van der Waals surface area contributed by atoms with E-state index in [1.54, 1.807) is 31.8 Å². The minimum Gasteiger partial charge on any atom is -0.493 e. The van der Waals surface area contributed by atoms with E-state index in [-0.39, 0.29) is 11.2 Å². The summed E-state index contributed by atoms with van der Waals surface area (Å²) in [4.78, 5) is 25.3. The van der Waals surface area contributed by atoms with Crippen molar-refractivity contribution in [3.8, 4) is 11.4 Å². The van der Waals surface area contributed by atoms with E-state index in [9.17, 15) is 9.59 Å². The molecule has 0 spiro atoms. The third kappa shape index (κ3) is 3.41. The van der Waals surface area contributed by atoms with Gasteiger partial charge in [-0.2, -0.15) is 0 Å². The van der Waals surface area contributed by atoms with Crippen molar-refractivity contribution in [3.05, 3.63) is 82.5 Å². The molecule has 1 amide bonds. The summed E-state index contributed by atoms with van der Waals surface area (Å²) in [5.74, 6) is 0.711. The number of aromatic nitrogens is 2. The lowest BCUT2D eigenvalue weighted by Gasteiger charge is -2.07. The molecule has 0 bridgehead atoms. The number of rotatable bonds is 5. The summed E-state index contributed by atoms with van der Waals surface area (Å²) >= 11 is 0. The van der Waals surface area contributed by atoms with Gasteiger partial charge < -0.3 is 14.5 Å². The molecule has 7 nitrogen and oxygen atoms in total. The minimum absolute atomic E-state index is 0.238. The number of furan rings is 1. The molecule has 0 aliphatic heterocycles. The summed E-state index contributed by atoms with van der Waals surface area (Å²) in [7, 11) is 3.35. The van der Waals surface area contributed by atoms with E-state index in [2.05, 4.69) is 5.32 Å². The van der Waals surface area contributed by atoms with Gasteiger partial charge in [0.1, 0.15) is 11.4 Å². The molecular weight excluding hydrogens is 382 g/mol. The first-order chi connectivity index (χ1) is 14.5. The highest BCUT2D eigenvalue weighted by Gasteiger charge is 2.17. The lowest BCUT2D eigenvalue weighted by molar-refractivity contribution is -0.111. The minimum atomic E-state index is -0.423. The Morgan fingerprint density at radius 1 is 1.13 bits per heavy atom. The van der Waals surface area contributed by atoms with Crippen LogP contribution in [0.25, 0.3) is 22.7 Å². The Bertz CT molecular complexity index is 1310. The quantitative estimate of drug-likeness (QED) is 0.513. The van der Waals surface area contributed by atoms with Crippen molar-refractivity contribution < 1.29 is 13.9 Å². The van der Waals surface area contributed by atoms with Crippen LogP contribution in [0.3, 0.4) is 0 Å². The predicted molar refractivity (Wildman–Crippen MR) is 116 cm³/mol. The zero-order valence-corrected chi connectivity index (χ0v) is 16.9. The van der Waals surface area contributed by atoms with E-state index in [0.29, 0.717) is 22.8 Å². The van der Waals surface area contributed by atoms with Crippen LogP contribution in [-0.2, 0) is 11.8 Å². The van der Waals surface area contributed by atoms with Crippen molar-refractivity contribution in [2.24, 2.45) is 7.05 Å². The first-order valence-corrected chi connectivity index (χ1v) is 9.39. The Balaban J connectivity index is 1.58. The molecule has 0 fully saturated rings. The maximum absolute atomic E-state index is 12.9. The van der Waals surface area contributed by atoms with Gasteiger partial charge in [-0.1, -0.05) is 30.3 Å². The van der Waals surface area contributed by atoms with Crippen LogP contribution < -0.4 is 15.6 Å². The molecule has 0 atom stereocenters. The van der Waals surface area contributed by atoms with Crippen molar-refractivity contribution in [1.29, 1.82) is 0 Å². The number of carbonyl (C=O) groups excluding carboxylic acids is 1. The average Bonchev–Trinajstić information content (AvgIpc) is 3.27. The Morgan fingerprint density at radius 3 is 2.63 bits per heavy atom. The van der Waals surface area contributed by atoms with Crippen molar-refractivity contribution >= 4 is 28.6 Å². The molecule has 4 aromatic rings. The number of nitrogens with one attached hydrogen (secondary N) is 1. The van der Waals surface area contributed by atoms with E-state index in [0.717, 1.165) is 11.1 Å². The Hall–Kier alpha value is -4.00. The first-order valence-electron chi connectivity index (χ1n) is 9.39. The molecule has 0 saturated heterocycles. The second-order valence-electron chi connectivity index (χ2n) is 6.79. The van der Waals surface area contributed by atoms with Gasteiger partial charge in [0, 0.05) is 18.5 Å². The summed E-state index contributed by atoms with van der Waals surface area (Å²) in [5.41, 5.74) is 1.93. The summed E-state index contributed by atoms with van der Waals surface area (Å²) in [6.07, 6.45) is 2.89.